The molecule has 0 bridgehead atoms. The zero-order valence-electron chi connectivity index (χ0n) is 20.7. The number of rotatable bonds is 8. The second kappa shape index (κ2) is 11.8. The second-order valence-corrected chi connectivity index (χ2v) is 8.80. The van der Waals surface area contributed by atoms with Gasteiger partial charge < -0.3 is 24.4 Å². The molecule has 5 rings (SSSR count). The lowest BCUT2D eigenvalue weighted by molar-refractivity contribution is -0.385. The van der Waals surface area contributed by atoms with E-state index in [1.807, 2.05) is 40.1 Å². The van der Waals surface area contributed by atoms with Crippen molar-refractivity contribution in [2.24, 2.45) is 5.10 Å². The number of benzene rings is 2. The molecule has 2 aromatic carbocycles. The van der Waals surface area contributed by atoms with Crippen molar-refractivity contribution in [1.29, 1.82) is 0 Å². The molecule has 2 aliphatic heterocycles. The Hall–Kier alpha value is -4.36. The summed E-state index contributed by atoms with van der Waals surface area (Å²) in [5.41, 5.74) is 4.29. The van der Waals surface area contributed by atoms with Crippen LogP contribution in [-0.2, 0) is 15.9 Å². The Morgan fingerprint density at radius 2 is 1.55 bits per heavy atom. The summed E-state index contributed by atoms with van der Waals surface area (Å²) >= 11 is 0. The molecule has 3 aromatic rings. The van der Waals surface area contributed by atoms with Gasteiger partial charge in [-0.05, 0) is 23.6 Å². The van der Waals surface area contributed by atoms with Gasteiger partial charge in [0.25, 0.3) is 0 Å². The number of aromatic hydroxyl groups is 1. The third-order valence-electron chi connectivity index (χ3n) is 6.19. The maximum atomic E-state index is 11.6. The first-order chi connectivity index (χ1) is 18.6. The van der Waals surface area contributed by atoms with E-state index in [1.165, 1.54) is 12.3 Å². The summed E-state index contributed by atoms with van der Waals surface area (Å²) in [6.07, 6.45) is 1.79. The molecule has 13 heteroatoms. The van der Waals surface area contributed by atoms with Crippen LogP contribution in [0.4, 0.5) is 23.5 Å². The number of anilines is 3. The van der Waals surface area contributed by atoms with Crippen LogP contribution in [0.1, 0.15) is 16.7 Å². The maximum absolute atomic E-state index is 11.6. The average molecular weight is 521 g/mol. The topological polar surface area (TPSA) is 151 Å². The Bertz CT molecular complexity index is 1260. The van der Waals surface area contributed by atoms with Crippen molar-refractivity contribution in [2.45, 2.75) is 6.42 Å². The molecule has 2 saturated heterocycles. The fraction of sp³-hybridized carbons (Fsp3) is 0.360. The van der Waals surface area contributed by atoms with Crippen LogP contribution >= 0.6 is 0 Å². The first-order valence-electron chi connectivity index (χ1n) is 12.3. The SMILES string of the molecule is O=[N+]([O-])c1cc(Cc2ccccc2)cc(/C=N/Nc2nc(N3CCOCC3)nc(N3CCOCC3)n2)c1O. The predicted molar refractivity (Wildman–Crippen MR) is 141 cm³/mol. The molecular formula is C25H28N8O5. The van der Waals surface area contributed by atoms with Gasteiger partial charge in [0, 0.05) is 37.8 Å². The van der Waals surface area contributed by atoms with E-state index >= 15 is 0 Å². The normalized spacial score (nSPS) is 16.1. The number of morpholine rings is 2. The van der Waals surface area contributed by atoms with Crippen LogP contribution in [0.5, 0.6) is 5.75 Å². The fourth-order valence-corrected chi connectivity index (χ4v) is 4.25. The van der Waals surface area contributed by atoms with E-state index in [-0.39, 0.29) is 17.2 Å². The Labute approximate surface area is 218 Å². The van der Waals surface area contributed by atoms with Crippen LogP contribution in [0, 0.1) is 10.1 Å². The van der Waals surface area contributed by atoms with E-state index in [9.17, 15) is 15.2 Å². The minimum absolute atomic E-state index is 0.202. The van der Waals surface area contributed by atoms with Gasteiger partial charge in [-0.25, -0.2) is 5.43 Å². The van der Waals surface area contributed by atoms with Gasteiger partial charge in [-0.15, -0.1) is 0 Å². The van der Waals surface area contributed by atoms with Crippen LogP contribution in [0.25, 0.3) is 0 Å². The number of hydrogen-bond donors (Lipinski definition) is 2. The Morgan fingerprint density at radius 1 is 0.947 bits per heavy atom. The zero-order chi connectivity index (χ0) is 26.3. The van der Waals surface area contributed by atoms with Crippen LogP contribution in [0.2, 0.25) is 0 Å². The molecule has 0 spiro atoms. The summed E-state index contributed by atoms with van der Waals surface area (Å²) < 4.78 is 10.9. The lowest BCUT2D eigenvalue weighted by atomic mass is 10.0. The van der Waals surface area contributed by atoms with Crippen molar-refractivity contribution in [3.8, 4) is 5.75 Å². The number of hydrogen-bond acceptors (Lipinski definition) is 12. The van der Waals surface area contributed by atoms with Gasteiger partial charge >= 0.3 is 5.69 Å². The van der Waals surface area contributed by atoms with Crippen molar-refractivity contribution >= 4 is 29.7 Å². The Morgan fingerprint density at radius 3 is 2.13 bits per heavy atom. The molecule has 0 unspecified atom stereocenters. The number of phenols is 1. The summed E-state index contributed by atoms with van der Waals surface area (Å²) in [5.74, 6) is 0.765. The number of nitro groups is 1. The minimum atomic E-state index is -0.607. The molecule has 0 radical (unpaired) electrons. The van der Waals surface area contributed by atoms with Gasteiger partial charge in [0.05, 0.1) is 37.6 Å². The van der Waals surface area contributed by atoms with Crippen molar-refractivity contribution in [2.75, 3.05) is 67.8 Å². The van der Waals surface area contributed by atoms with Gasteiger partial charge in [-0.2, -0.15) is 20.1 Å². The van der Waals surface area contributed by atoms with Gasteiger partial charge in [0.1, 0.15) is 0 Å². The van der Waals surface area contributed by atoms with Crippen LogP contribution in [-0.4, -0.2) is 83.8 Å². The van der Waals surface area contributed by atoms with Crippen molar-refractivity contribution in [3.63, 3.8) is 0 Å². The first-order valence-corrected chi connectivity index (χ1v) is 12.3. The van der Waals surface area contributed by atoms with Crippen molar-refractivity contribution in [1.82, 2.24) is 15.0 Å². The third kappa shape index (κ3) is 6.12. The third-order valence-corrected chi connectivity index (χ3v) is 6.19. The molecular weight excluding hydrogens is 492 g/mol. The van der Waals surface area contributed by atoms with Crippen molar-refractivity contribution < 1.29 is 19.5 Å². The molecule has 0 saturated carbocycles. The average Bonchev–Trinajstić information content (AvgIpc) is 2.96. The first kappa shape index (κ1) is 25.3. The van der Waals surface area contributed by atoms with Gasteiger partial charge in [0.2, 0.25) is 23.6 Å². The molecule has 2 aliphatic rings. The quantitative estimate of drug-likeness (QED) is 0.255. The lowest BCUT2D eigenvalue weighted by Crippen LogP contribution is -2.40. The Balaban J connectivity index is 1.41. The number of aromatic nitrogens is 3. The van der Waals surface area contributed by atoms with Gasteiger partial charge in [-0.3, -0.25) is 10.1 Å². The summed E-state index contributed by atoms with van der Waals surface area (Å²) in [4.78, 5) is 28.7. The number of hydrazone groups is 1. The molecule has 0 aliphatic carbocycles. The Kier molecular flexibility index (Phi) is 7.85. The molecule has 2 N–H and O–H groups in total. The highest BCUT2D eigenvalue weighted by molar-refractivity contribution is 5.86. The number of nitro benzene ring substituents is 1. The number of nitrogens with one attached hydrogen (secondary N) is 1. The molecule has 0 atom stereocenters. The summed E-state index contributed by atoms with van der Waals surface area (Å²) in [6.45, 7) is 4.94. The number of phenolic OH excluding ortho intramolecular Hbond substituents is 1. The number of ether oxygens (including phenoxy) is 2. The largest absolute Gasteiger partial charge is 0.502 e. The van der Waals surface area contributed by atoms with E-state index in [0.29, 0.717) is 76.5 Å². The molecule has 1 aromatic heterocycles. The standard InChI is InChI=1S/C25H28N8O5/c34-22-20(15-19(16-21(22)33(35)36)14-18-4-2-1-3-5-18)17-26-30-23-27-24(31-6-10-37-11-7-31)29-25(28-23)32-8-12-38-13-9-32/h1-5,15-17,34H,6-14H2,(H,27,28,29,30)/b26-17+. The van der Waals surface area contributed by atoms with E-state index in [1.54, 1.807) is 6.07 Å². The second-order valence-electron chi connectivity index (χ2n) is 8.80. The van der Waals surface area contributed by atoms with Crippen molar-refractivity contribution in [3.05, 3.63) is 69.3 Å². The molecule has 13 nitrogen and oxygen atoms in total. The van der Waals surface area contributed by atoms with Crippen LogP contribution < -0.4 is 15.2 Å². The van der Waals surface area contributed by atoms with Gasteiger partial charge in [-0.1, -0.05) is 30.3 Å². The highest BCUT2D eigenvalue weighted by Gasteiger charge is 2.21. The number of nitrogens with zero attached hydrogens (tertiary/aromatic N) is 7. The molecule has 2 fully saturated rings. The molecule has 198 valence electrons. The monoisotopic (exact) mass is 520 g/mol. The lowest BCUT2D eigenvalue weighted by Gasteiger charge is -2.30. The summed E-state index contributed by atoms with van der Waals surface area (Å²) in [7, 11) is 0. The van der Waals surface area contributed by atoms with Gasteiger partial charge in [0.15, 0.2) is 0 Å². The van der Waals surface area contributed by atoms with E-state index in [4.69, 9.17) is 9.47 Å². The predicted octanol–water partition coefficient (Wildman–Crippen LogP) is 2.20. The van der Waals surface area contributed by atoms with E-state index < -0.39 is 10.7 Å². The van der Waals surface area contributed by atoms with E-state index in [0.717, 1.165) is 5.56 Å². The molecule has 3 heterocycles. The fourth-order valence-electron chi connectivity index (χ4n) is 4.25. The molecule has 0 amide bonds. The zero-order valence-corrected chi connectivity index (χ0v) is 20.7. The summed E-state index contributed by atoms with van der Waals surface area (Å²) in [6, 6.07) is 12.6. The highest BCUT2D eigenvalue weighted by Crippen LogP contribution is 2.31. The van der Waals surface area contributed by atoms with Crippen LogP contribution in [0.3, 0.4) is 0 Å². The summed E-state index contributed by atoms with van der Waals surface area (Å²) in [5, 5.41) is 26.3. The van der Waals surface area contributed by atoms with E-state index in [2.05, 4.69) is 25.5 Å². The molecule has 38 heavy (non-hydrogen) atoms. The van der Waals surface area contributed by atoms with Crippen LogP contribution in [0.15, 0.2) is 47.6 Å². The minimum Gasteiger partial charge on any atom is -0.502 e. The maximum Gasteiger partial charge on any atom is 0.311 e. The highest BCUT2D eigenvalue weighted by atomic mass is 16.6. The smallest absolute Gasteiger partial charge is 0.311 e.